The summed E-state index contributed by atoms with van der Waals surface area (Å²) in [7, 11) is 0. The number of carbonyl (C=O) groups is 4. The highest BCUT2D eigenvalue weighted by atomic mass is 16.5. The van der Waals surface area contributed by atoms with E-state index in [0.29, 0.717) is 0 Å². The van der Waals surface area contributed by atoms with E-state index >= 15 is 0 Å². The Hall–Kier alpha value is -5.40. The molecule has 13 heteroatoms. The molecule has 0 saturated carbocycles. The Bertz CT molecular complexity index is 1660. The van der Waals surface area contributed by atoms with Crippen LogP contribution in [-0.4, -0.2) is 111 Å². The molecule has 1 aromatic heterocycles. The number of nitrogens with zero attached hydrogens (tertiary/aromatic N) is 3. The van der Waals surface area contributed by atoms with Crippen LogP contribution < -0.4 is 9.47 Å². The lowest BCUT2D eigenvalue weighted by molar-refractivity contribution is -0.159. The van der Waals surface area contributed by atoms with Crippen LogP contribution >= 0.6 is 0 Å². The highest BCUT2D eigenvalue weighted by Crippen LogP contribution is 2.30. The normalized spacial score (nSPS) is 14.2. The minimum atomic E-state index is -1.82. The summed E-state index contributed by atoms with van der Waals surface area (Å²) in [6.07, 6.45) is 5.28. The van der Waals surface area contributed by atoms with Crippen molar-refractivity contribution in [3.8, 4) is 22.8 Å². The molecule has 0 radical (unpaired) electrons. The molecule has 50 heavy (non-hydrogen) atoms. The minimum absolute atomic E-state index is 0.748. The van der Waals surface area contributed by atoms with E-state index in [9.17, 15) is 0 Å². The summed E-state index contributed by atoms with van der Waals surface area (Å²) in [5.41, 5.74) is 4.94. The van der Waals surface area contributed by atoms with Gasteiger partial charge in [-0.2, -0.15) is 0 Å². The van der Waals surface area contributed by atoms with Crippen LogP contribution in [-0.2, 0) is 25.7 Å². The first kappa shape index (κ1) is 37.4. The zero-order chi connectivity index (χ0) is 35.9. The second-order valence-electron chi connectivity index (χ2n) is 11.9. The topological polar surface area (TPSA) is 179 Å². The van der Waals surface area contributed by atoms with Gasteiger partial charge in [-0.3, -0.25) is 9.80 Å². The largest absolute Gasteiger partial charge is 0.492 e. The number of aliphatic carboxylic acids is 4. The molecule has 2 aliphatic heterocycles. The van der Waals surface area contributed by atoms with Gasteiger partial charge in [0.15, 0.2) is 0 Å². The third kappa shape index (κ3) is 11.6. The second-order valence-corrected chi connectivity index (χ2v) is 11.9. The molecule has 6 rings (SSSR count). The zero-order valence-corrected chi connectivity index (χ0v) is 27.8. The Morgan fingerprint density at radius 1 is 0.580 bits per heavy atom. The van der Waals surface area contributed by atoms with E-state index in [1.54, 1.807) is 0 Å². The minimum Gasteiger partial charge on any atom is -0.492 e. The van der Waals surface area contributed by atoms with Gasteiger partial charge >= 0.3 is 23.9 Å². The fourth-order valence-electron chi connectivity index (χ4n) is 5.81. The van der Waals surface area contributed by atoms with Crippen LogP contribution in [0.4, 0.5) is 0 Å². The third-order valence-corrected chi connectivity index (χ3v) is 8.34. The fourth-order valence-corrected chi connectivity index (χ4v) is 5.81. The first-order valence-corrected chi connectivity index (χ1v) is 16.5. The van der Waals surface area contributed by atoms with Gasteiger partial charge in [0.1, 0.15) is 24.7 Å². The van der Waals surface area contributed by atoms with Gasteiger partial charge < -0.3 is 34.5 Å². The monoisotopic (exact) mass is 689 g/mol. The molecule has 4 N–H and O–H groups in total. The van der Waals surface area contributed by atoms with Crippen molar-refractivity contribution >= 4 is 34.8 Å². The Morgan fingerprint density at radius 3 is 1.48 bits per heavy atom. The van der Waals surface area contributed by atoms with Crippen LogP contribution in [0.3, 0.4) is 0 Å². The number of likely N-dealkylation sites (tertiary alicyclic amines) is 2. The van der Waals surface area contributed by atoms with Gasteiger partial charge in [-0.25, -0.2) is 19.2 Å². The Morgan fingerprint density at radius 2 is 1.02 bits per heavy atom. The summed E-state index contributed by atoms with van der Waals surface area (Å²) in [4.78, 5) is 41.4. The van der Waals surface area contributed by atoms with Crippen molar-refractivity contribution in [2.75, 3.05) is 52.5 Å². The number of hydrogen-bond donors (Lipinski definition) is 4. The Balaban J connectivity index is 0.000000404. The molecule has 4 aromatic rings. The van der Waals surface area contributed by atoms with Gasteiger partial charge in [0.05, 0.1) is 0 Å². The maximum Gasteiger partial charge on any atom is 0.414 e. The Labute approximate surface area is 289 Å². The molecule has 0 atom stereocenters. The third-order valence-electron chi connectivity index (χ3n) is 8.34. The van der Waals surface area contributed by atoms with Crippen molar-refractivity contribution in [3.05, 3.63) is 84.4 Å². The van der Waals surface area contributed by atoms with E-state index in [2.05, 4.69) is 93.2 Å². The summed E-state index contributed by atoms with van der Waals surface area (Å²) in [6.45, 7) is 9.18. The van der Waals surface area contributed by atoms with Crippen LogP contribution in [0.25, 0.3) is 22.2 Å². The number of hydrogen-bond acceptors (Lipinski definition) is 8. The average Bonchev–Trinajstić information content (AvgIpc) is 3.89. The summed E-state index contributed by atoms with van der Waals surface area (Å²) in [5.74, 6) is -5.41. The molecule has 0 bridgehead atoms. The molecule has 3 aromatic carbocycles. The SMILES string of the molecule is O=C(O)C(=O)O.O=C(O)C(=O)O.c1ccc2c(c1)cc(-c1ccc(OCCN3CCCC3)cc1)n2Cc1ccc(OCCN2CCCC2)cc1. The van der Waals surface area contributed by atoms with Crippen molar-refractivity contribution in [2.24, 2.45) is 0 Å². The molecule has 2 saturated heterocycles. The lowest BCUT2D eigenvalue weighted by Crippen LogP contribution is -2.25. The van der Waals surface area contributed by atoms with E-state index in [1.165, 1.54) is 79.6 Å². The van der Waals surface area contributed by atoms with E-state index in [1.807, 2.05) is 0 Å². The molecule has 0 spiro atoms. The predicted octanol–water partition coefficient (Wildman–Crippen LogP) is 4.62. The van der Waals surface area contributed by atoms with E-state index in [0.717, 1.165) is 44.3 Å². The average molecular weight is 690 g/mol. The van der Waals surface area contributed by atoms with Crippen LogP contribution in [0.1, 0.15) is 31.2 Å². The lowest BCUT2D eigenvalue weighted by Gasteiger charge is -2.16. The van der Waals surface area contributed by atoms with Gasteiger partial charge in [-0.05, 0) is 112 Å². The number of fused-ring (bicyclic) bond motifs is 1. The molecular formula is C37H43N3O10. The maximum atomic E-state index is 9.10. The number of para-hydroxylation sites is 1. The lowest BCUT2D eigenvalue weighted by atomic mass is 10.1. The molecule has 3 heterocycles. The maximum absolute atomic E-state index is 9.10. The molecular weight excluding hydrogens is 646 g/mol. The van der Waals surface area contributed by atoms with Crippen molar-refractivity contribution in [1.82, 2.24) is 14.4 Å². The van der Waals surface area contributed by atoms with E-state index < -0.39 is 23.9 Å². The van der Waals surface area contributed by atoms with Crippen molar-refractivity contribution in [3.63, 3.8) is 0 Å². The number of rotatable bonds is 11. The fraction of sp³-hybridized carbons (Fsp3) is 0.351. The number of carboxylic acid groups (broad SMARTS) is 4. The second kappa shape index (κ2) is 19.0. The highest BCUT2D eigenvalue weighted by Gasteiger charge is 2.14. The molecule has 2 aliphatic rings. The first-order valence-electron chi connectivity index (χ1n) is 16.5. The number of carboxylic acids is 4. The van der Waals surface area contributed by atoms with Crippen LogP contribution in [0.2, 0.25) is 0 Å². The van der Waals surface area contributed by atoms with Gasteiger partial charge in [0.25, 0.3) is 0 Å². The van der Waals surface area contributed by atoms with Crippen LogP contribution in [0, 0.1) is 0 Å². The van der Waals surface area contributed by atoms with E-state index in [-0.39, 0.29) is 0 Å². The van der Waals surface area contributed by atoms with Crippen LogP contribution in [0.15, 0.2) is 78.9 Å². The number of aromatic nitrogens is 1. The number of ether oxygens (including phenoxy) is 2. The van der Waals surface area contributed by atoms with E-state index in [4.69, 9.17) is 49.1 Å². The Kier molecular flexibility index (Phi) is 14.2. The molecule has 2 fully saturated rings. The smallest absolute Gasteiger partial charge is 0.414 e. The van der Waals surface area contributed by atoms with Crippen molar-refractivity contribution in [1.29, 1.82) is 0 Å². The molecule has 266 valence electrons. The summed E-state index contributed by atoms with van der Waals surface area (Å²) in [5, 5.41) is 30.8. The van der Waals surface area contributed by atoms with Gasteiger partial charge in [-0.1, -0.05) is 30.3 Å². The first-order chi connectivity index (χ1) is 24.1. The summed E-state index contributed by atoms with van der Waals surface area (Å²) in [6, 6.07) is 28.1. The predicted molar refractivity (Wildman–Crippen MR) is 186 cm³/mol. The quantitative estimate of drug-likeness (QED) is 0.161. The standard InChI is InChI=1S/C33H39N3O2.2C2H2O4/c1-2-8-32-29(7-1)25-33(28-11-15-31(16-12-28)38-24-22-35-19-5-6-20-35)36(32)26-27-9-13-30(14-10-27)37-23-21-34-17-3-4-18-34;2*3-1(4)2(5)6/h1-2,7-16,25H,3-6,17-24,26H2;2*(H,3,4)(H,5,6). The zero-order valence-electron chi connectivity index (χ0n) is 27.8. The molecule has 13 nitrogen and oxygen atoms in total. The highest BCUT2D eigenvalue weighted by molar-refractivity contribution is 6.27. The molecule has 0 unspecified atom stereocenters. The summed E-state index contributed by atoms with van der Waals surface area (Å²) < 4.78 is 14.5. The molecule has 0 amide bonds. The summed E-state index contributed by atoms with van der Waals surface area (Å²) >= 11 is 0. The van der Waals surface area contributed by atoms with Crippen LogP contribution in [0.5, 0.6) is 11.5 Å². The van der Waals surface area contributed by atoms with Gasteiger partial charge in [-0.15, -0.1) is 0 Å². The molecule has 0 aliphatic carbocycles. The van der Waals surface area contributed by atoms with Gasteiger partial charge in [0.2, 0.25) is 0 Å². The van der Waals surface area contributed by atoms with Crippen molar-refractivity contribution < 1.29 is 49.1 Å². The van der Waals surface area contributed by atoms with Crippen molar-refractivity contribution in [2.45, 2.75) is 32.2 Å². The number of benzene rings is 3. The van der Waals surface area contributed by atoms with Gasteiger partial charge in [0, 0.05) is 36.2 Å².